The van der Waals surface area contributed by atoms with Crippen molar-refractivity contribution in [1.82, 2.24) is 5.32 Å². The maximum atomic E-state index is 13.0. The Morgan fingerprint density at radius 3 is 1.87 bits per heavy atom. The van der Waals surface area contributed by atoms with Crippen LogP contribution in [0.3, 0.4) is 0 Å². The molecule has 0 aromatic heterocycles. The van der Waals surface area contributed by atoms with Gasteiger partial charge in [-0.15, -0.1) is 0 Å². The molecule has 2 saturated carbocycles. The number of primary amides is 1. The number of hydrogen-bond acceptors (Lipinski definition) is 2. The van der Waals surface area contributed by atoms with Gasteiger partial charge < -0.3 is 5.73 Å². The predicted octanol–water partition coefficient (Wildman–Crippen LogP) is 6.26. The molecular formula is C26H32N2O2. The Balaban J connectivity index is 1.91. The van der Waals surface area contributed by atoms with Gasteiger partial charge in [-0.2, -0.15) is 0 Å². The van der Waals surface area contributed by atoms with Crippen LogP contribution in [0.15, 0.2) is 42.5 Å². The van der Waals surface area contributed by atoms with Gasteiger partial charge in [-0.05, 0) is 65.8 Å². The SMILES string of the molecule is NC(=O)NC(=O)c1ccc(-c2ccccc2)c(C2CCCCC2)c1C1CCCCC1. The molecule has 0 heterocycles. The van der Waals surface area contributed by atoms with Crippen molar-refractivity contribution in [1.29, 1.82) is 0 Å². The van der Waals surface area contributed by atoms with E-state index < -0.39 is 6.03 Å². The zero-order chi connectivity index (χ0) is 20.9. The van der Waals surface area contributed by atoms with Gasteiger partial charge in [-0.25, -0.2) is 4.79 Å². The van der Waals surface area contributed by atoms with Crippen molar-refractivity contribution >= 4 is 11.9 Å². The van der Waals surface area contributed by atoms with Gasteiger partial charge in [0.15, 0.2) is 0 Å². The second kappa shape index (κ2) is 9.46. The minimum absolute atomic E-state index is 0.361. The first-order valence-corrected chi connectivity index (χ1v) is 11.5. The minimum atomic E-state index is -0.791. The third-order valence-corrected chi connectivity index (χ3v) is 6.88. The van der Waals surface area contributed by atoms with E-state index in [0.29, 0.717) is 17.4 Å². The Morgan fingerprint density at radius 2 is 1.30 bits per heavy atom. The fourth-order valence-electron chi connectivity index (χ4n) is 5.55. The average Bonchev–Trinajstić information content (AvgIpc) is 2.79. The van der Waals surface area contributed by atoms with E-state index in [1.54, 1.807) is 0 Å². The fraction of sp³-hybridized carbons (Fsp3) is 0.462. The molecule has 0 bridgehead atoms. The summed E-state index contributed by atoms with van der Waals surface area (Å²) in [7, 11) is 0. The maximum absolute atomic E-state index is 13.0. The molecule has 4 heteroatoms. The number of urea groups is 1. The summed E-state index contributed by atoms with van der Waals surface area (Å²) in [6.07, 6.45) is 12.0. The Kier molecular flexibility index (Phi) is 6.51. The van der Waals surface area contributed by atoms with Crippen LogP contribution < -0.4 is 11.1 Å². The van der Waals surface area contributed by atoms with Gasteiger partial charge in [0.1, 0.15) is 0 Å². The molecule has 0 unspecified atom stereocenters. The van der Waals surface area contributed by atoms with Crippen LogP contribution >= 0.6 is 0 Å². The number of imide groups is 1. The normalized spacial score (nSPS) is 18.1. The van der Waals surface area contributed by atoms with Gasteiger partial charge in [0.25, 0.3) is 5.91 Å². The third-order valence-electron chi connectivity index (χ3n) is 6.88. The standard InChI is InChI=1S/C26H32N2O2/c27-26(30)28-25(29)22-17-16-21(18-10-4-1-5-11-18)23(19-12-6-2-7-13-19)24(22)20-14-8-3-9-15-20/h1,4-5,10-11,16-17,19-20H,2-3,6-9,12-15H2,(H3,27,28,29,30). The zero-order valence-electron chi connectivity index (χ0n) is 17.7. The van der Waals surface area contributed by atoms with Crippen LogP contribution in [0, 0.1) is 0 Å². The Morgan fingerprint density at radius 1 is 0.733 bits per heavy atom. The van der Waals surface area contributed by atoms with Crippen molar-refractivity contribution in [2.75, 3.05) is 0 Å². The van der Waals surface area contributed by atoms with Crippen molar-refractivity contribution in [3.8, 4) is 11.1 Å². The lowest BCUT2D eigenvalue weighted by Gasteiger charge is -2.33. The topological polar surface area (TPSA) is 72.2 Å². The molecule has 2 aliphatic carbocycles. The molecule has 0 saturated heterocycles. The van der Waals surface area contributed by atoms with Gasteiger partial charge >= 0.3 is 6.03 Å². The molecule has 0 radical (unpaired) electrons. The first-order chi connectivity index (χ1) is 14.6. The lowest BCUT2D eigenvalue weighted by atomic mass is 9.72. The highest BCUT2D eigenvalue weighted by molar-refractivity contribution is 6.05. The first kappa shape index (κ1) is 20.6. The highest BCUT2D eigenvalue weighted by Gasteiger charge is 2.31. The largest absolute Gasteiger partial charge is 0.351 e. The van der Waals surface area contributed by atoms with Crippen LogP contribution in [0.25, 0.3) is 11.1 Å². The highest BCUT2D eigenvalue weighted by atomic mass is 16.2. The number of nitrogens with one attached hydrogen (secondary N) is 1. The number of benzene rings is 2. The molecule has 30 heavy (non-hydrogen) atoms. The average molecular weight is 405 g/mol. The van der Waals surface area contributed by atoms with Gasteiger partial charge in [0, 0.05) is 5.56 Å². The van der Waals surface area contributed by atoms with Gasteiger partial charge in [-0.3, -0.25) is 10.1 Å². The molecule has 0 spiro atoms. The quantitative estimate of drug-likeness (QED) is 0.631. The van der Waals surface area contributed by atoms with Crippen molar-refractivity contribution in [3.05, 3.63) is 59.2 Å². The second-order valence-corrected chi connectivity index (χ2v) is 8.84. The lowest BCUT2D eigenvalue weighted by Crippen LogP contribution is -2.36. The third kappa shape index (κ3) is 4.43. The van der Waals surface area contributed by atoms with Crippen LogP contribution in [0.5, 0.6) is 0 Å². The Labute approximate surface area is 179 Å². The van der Waals surface area contributed by atoms with Crippen LogP contribution in [-0.4, -0.2) is 11.9 Å². The number of amides is 3. The van der Waals surface area contributed by atoms with Crippen LogP contribution in [0.2, 0.25) is 0 Å². The van der Waals surface area contributed by atoms with Crippen molar-refractivity contribution in [3.63, 3.8) is 0 Å². The molecular weight excluding hydrogens is 372 g/mol. The Bertz CT molecular complexity index is 895. The molecule has 158 valence electrons. The van der Waals surface area contributed by atoms with Crippen molar-refractivity contribution in [2.45, 2.75) is 76.0 Å². The molecule has 0 atom stereocenters. The minimum Gasteiger partial charge on any atom is -0.351 e. The first-order valence-electron chi connectivity index (χ1n) is 11.5. The van der Waals surface area contributed by atoms with E-state index in [-0.39, 0.29) is 5.91 Å². The van der Waals surface area contributed by atoms with Gasteiger partial charge in [0.05, 0.1) is 0 Å². The summed E-state index contributed by atoms with van der Waals surface area (Å²) in [5, 5.41) is 2.33. The summed E-state index contributed by atoms with van der Waals surface area (Å²) < 4.78 is 0. The number of hydrogen-bond donors (Lipinski definition) is 2. The summed E-state index contributed by atoms with van der Waals surface area (Å²) in [6.45, 7) is 0. The van der Waals surface area contributed by atoms with Crippen LogP contribution in [0.1, 0.15) is 97.5 Å². The predicted molar refractivity (Wildman–Crippen MR) is 121 cm³/mol. The monoisotopic (exact) mass is 404 g/mol. The molecule has 0 aliphatic heterocycles. The molecule has 2 aromatic rings. The van der Waals surface area contributed by atoms with E-state index in [1.807, 2.05) is 12.1 Å². The number of nitrogens with two attached hydrogens (primary N) is 1. The number of rotatable bonds is 4. The van der Waals surface area contributed by atoms with Crippen molar-refractivity contribution < 1.29 is 9.59 Å². The van der Waals surface area contributed by atoms with Crippen LogP contribution in [0.4, 0.5) is 4.79 Å². The molecule has 2 aromatic carbocycles. The Hall–Kier alpha value is -2.62. The van der Waals surface area contributed by atoms with Gasteiger partial charge in [0.2, 0.25) is 0 Å². The molecule has 2 aliphatic rings. The van der Waals surface area contributed by atoms with E-state index in [2.05, 4.69) is 35.6 Å². The van der Waals surface area contributed by atoms with Crippen LogP contribution in [-0.2, 0) is 0 Å². The fourth-order valence-corrected chi connectivity index (χ4v) is 5.55. The summed E-state index contributed by atoms with van der Waals surface area (Å²) in [5.41, 5.74) is 10.9. The van der Waals surface area contributed by atoms with Crippen molar-refractivity contribution in [2.24, 2.45) is 5.73 Å². The second-order valence-electron chi connectivity index (χ2n) is 8.84. The molecule has 4 rings (SSSR count). The number of carbonyl (C=O) groups excluding carboxylic acids is 2. The van der Waals surface area contributed by atoms with E-state index in [4.69, 9.17) is 5.73 Å². The van der Waals surface area contributed by atoms with E-state index in [9.17, 15) is 9.59 Å². The van der Waals surface area contributed by atoms with E-state index in [0.717, 1.165) is 12.8 Å². The number of carbonyl (C=O) groups is 2. The smallest absolute Gasteiger partial charge is 0.319 e. The summed E-state index contributed by atoms with van der Waals surface area (Å²) in [4.78, 5) is 24.4. The molecule has 2 fully saturated rings. The van der Waals surface area contributed by atoms with E-state index >= 15 is 0 Å². The summed E-state index contributed by atoms with van der Waals surface area (Å²) in [5.74, 6) is 0.472. The van der Waals surface area contributed by atoms with Gasteiger partial charge in [-0.1, -0.05) is 74.9 Å². The highest BCUT2D eigenvalue weighted by Crippen LogP contribution is 2.46. The maximum Gasteiger partial charge on any atom is 0.319 e. The van der Waals surface area contributed by atoms with E-state index in [1.165, 1.54) is 73.6 Å². The molecule has 4 nitrogen and oxygen atoms in total. The summed E-state index contributed by atoms with van der Waals surface area (Å²) in [6, 6.07) is 13.7. The zero-order valence-corrected chi connectivity index (χ0v) is 17.7. The summed E-state index contributed by atoms with van der Waals surface area (Å²) >= 11 is 0. The molecule has 3 amide bonds. The lowest BCUT2D eigenvalue weighted by molar-refractivity contribution is 0.0964. The molecule has 3 N–H and O–H groups in total.